The molecule has 7 nitrogen and oxygen atoms in total. The number of aryl methyl sites for hydroxylation is 2. The lowest BCUT2D eigenvalue weighted by molar-refractivity contribution is -0.125. The Labute approximate surface area is 212 Å². The van der Waals surface area contributed by atoms with Crippen molar-refractivity contribution in [2.75, 3.05) is 11.9 Å². The number of hydrogen-bond acceptors (Lipinski definition) is 5. The second-order valence-corrected chi connectivity index (χ2v) is 9.68. The number of anilines is 1. The molecule has 1 aliphatic rings. The number of nitrogens with one attached hydrogen (secondary N) is 2. The molecule has 2 N–H and O–H groups in total. The van der Waals surface area contributed by atoms with E-state index in [2.05, 4.69) is 34.9 Å². The SMILES string of the molecule is Cc1ccc(-c2nc(NC(=O)c3ccccc3CN3C(=O)CNC3=O)sc2-c2ccc(C)cc2)cc1. The second-order valence-electron chi connectivity index (χ2n) is 8.68. The van der Waals surface area contributed by atoms with Crippen molar-refractivity contribution in [1.82, 2.24) is 15.2 Å². The average molecular weight is 497 g/mol. The van der Waals surface area contributed by atoms with Crippen LogP contribution < -0.4 is 10.6 Å². The number of imide groups is 1. The van der Waals surface area contributed by atoms with Crippen molar-refractivity contribution in [3.63, 3.8) is 0 Å². The molecule has 4 aromatic rings. The van der Waals surface area contributed by atoms with Gasteiger partial charge in [0.05, 0.1) is 23.7 Å². The minimum Gasteiger partial charge on any atom is -0.329 e. The van der Waals surface area contributed by atoms with Crippen LogP contribution in [0.2, 0.25) is 0 Å². The fourth-order valence-corrected chi connectivity index (χ4v) is 5.00. The van der Waals surface area contributed by atoms with Crippen LogP contribution in [0.4, 0.5) is 9.93 Å². The smallest absolute Gasteiger partial charge is 0.324 e. The molecule has 3 aromatic carbocycles. The van der Waals surface area contributed by atoms with E-state index in [9.17, 15) is 14.4 Å². The third kappa shape index (κ3) is 4.76. The third-order valence-electron chi connectivity index (χ3n) is 6.01. The van der Waals surface area contributed by atoms with Gasteiger partial charge >= 0.3 is 6.03 Å². The number of carbonyl (C=O) groups is 3. The lowest BCUT2D eigenvalue weighted by Crippen LogP contribution is -2.31. The molecular formula is C28H24N4O3S. The van der Waals surface area contributed by atoms with Crippen molar-refractivity contribution in [3.05, 3.63) is 95.1 Å². The van der Waals surface area contributed by atoms with Crippen LogP contribution in [0.15, 0.2) is 72.8 Å². The summed E-state index contributed by atoms with van der Waals surface area (Å²) in [5.41, 5.74) is 6.06. The zero-order chi connectivity index (χ0) is 25.2. The first-order valence-electron chi connectivity index (χ1n) is 11.5. The van der Waals surface area contributed by atoms with E-state index in [1.54, 1.807) is 24.3 Å². The number of carbonyl (C=O) groups excluding carboxylic acids is 3. The standard InChI is InChI=1S/C28H24N4O3S/c1-17-7-11-19(12-8-17)24-25(20-13-9-18(2)10-14-20)36-27(30-24)31-26(34)22-6-4-3-5-21(22)16-32-23(33)15-29-28(32)35/h3-14H,15-16H2,1-2H3,(H,29,35)(H,30,31,34). The van der Waals surface area contributed by atoms with Crippen molar-refractivity contribution >= 4 is 34.3 Å². The Hall–Kier alpha value is -4.30. The van der Waals surface area contributed by atoms with Crippen molar-refractivity contribution in [3.8, 4) is 21.7 Å². The van der Waals surface area contributed by atoms with E-state index in [1.807, 2.05) is 38.1 Å². The quantitative estimate of drug-likeness (QED) is 0.350. The predicted octanol–water partition coefficient (Wildman–Crippen LogP) is 5.40. The zero-order valence-corrected chi connectivity index (χ0v) is 20.7. The molecule has 1 saturated heterocycles. The predicted molar refractivity (Wildman–Crippen MR) is 141 cm³/mol. The van der Waals surface area contributed by atoms with Crippen LogP contribution in [0.1, 0.15) is 27.0 Å². The summed E-state index contributed by atoms with van der Waals surface area (Å²) in [5.74, 6) is -0.669. The lowest BCUT2D eigenvalue weighted by atomic mass is 10.0. The topological polar surface area (TPSA) is 91.4 Å². The van der Waals surface area contributed by atoms with Crippen LogP contribution in [0, 0.1) is 13.8 Å². The highest BCUT2D eigenvalue weighted by Crippen LogP contribution is 2.39. The molecule has 5 rings (SSSR count). The van der Waals surface area contributed by atoms with E-state index in [0.29, 0.717) is 16.3 Å². The van der Waals surface area contributed by atoms with Crippen molar-refractivity contribution in [2.24, 2.45) is 0 Å². The van der Waals surface area contributed by atoms with Crippen molar-refractivity contribution < 1.29 is 14.4 Å². The van der Waals surface area contributed by atoms with Crippen LogP contribution in [0.25, 0.3) is 21.7 Å². The van der Waals surface area contributed by atoms with Gasteiger partial charge in [-0.05, 0) is 31.0 Å². The molecule has 1 aliphatic heterocycles. The maximum absolute atomic E-state index is 13.3. The summed E-state index contributed by atoms with van der Waals surface area (Å²) in [7, 11) is 0. The molecule has 0 unspecified atom stereocenters. The largest absolute Gasteiger partial charge is 0.329 e. The zero-order valence-electron chi connectivity index (χ0n) is 19.9. The molecule has 0 atom stereocenters. The van der Waals surface area contributed by atoms with Gasteiger partial charge in [0.1, 0.15) is 0 Å². The minimum atomic E-state index is -0.458. The Bertz CT molecular complexity index is 1380. The van der Waals surface area contributed by atoms with Gasteiger partial charge in [0.25, 0.3) is 5.91 Å². The number of benzene rings is 3. The van der Waals surface area contributed by atoms with Crippen LogP contribution in [0.3, 0.4) is 0 Å². The highest BCUT2D eigenvalue weighted by Gasteiger charge is 2.29. The maximum Gasteiger partial charge on any atom is 0.324 e. The molecule has 180 valence electrons. The molecule has 0 radical (unpaired) electrons. The maximum atomic E-state index is 13.3. The monoisotopic (exact) mass is 496 g/mol. The third-order valence-corrected chi connectivity index (χ3v) is 7.03. The number of urea groups is 1. The Morgan fingerprint density at radius 1 is 0.944 bits per heavy atom. The van der Waals surface area contributed by atoms with Crippen molar-refractivity contribution in [2.45, 2.75) is 20.4 Å². The van der Waals surface area contributed by atoms with Crippen LogP contribution in [-0.4, -0.2) is 34.3 Å². The van der Waals surface area contributed by atoms with Crippen LogP contribution >= 0.6 is 11.3 Å². The van der Waals surface area contributed by atoms with Gasteiger partial charge in [-0.25, -0.2) is 9.78 Å². The normalized spacial score (nSPS) is 13.1. The second kappa shape index (κ2) is 9.75. The van der Waals surface area contributed by atoms with Gasteiger partial charge in [-0.15, -0.1) is 0 Å². The first-order valence-corrected chi connectivity index (χ1v) is 12.3. The van der Waals surface area contributed by atoms with E-state index in [1.165, 1.54) is 11.3 Å². The molecule has 0 spiro atoms. The first kappa shape index (κ1) is 23.4. The number of amides is 4. The van der Waals surface area contributed by atoms with Gasteiger partial charge in [0.15, 0.2) is 5.13 Å². The molecule has 36 heavy (non-hydrogen) atoms. The summed E-state index contributed by atoms with van der Waals surface area (Å²) in [5, 5.41) is 5.91. The van der Waals surface area contributed by atoms with Gasteiger partial charge in [-0.3, -0.25) is 19.8 Å². The van der Waals surface area contributed by atoms with Gasteiger partial charge in [0, 0.05) is 11.1 Å². The fraction of sp³-hybridized carbons (Fsp3) is 0.143. The minimum absolute atomic E-state index is 0.0232. The van der Waals surface area contributed by atoms with Gasteiger partial charge in [-0.1, -0.05) is 89.2 Å². The number of thiazole rings is 1. The number of aromatic nitrogens is 1. The highest BCUT2D eigenvalue weighted by molar-refractivity contribution is 7.19. The van der Waals surface area contributed by atoms with E-state index in [4.69, 9.17) is 4.98 Å². The van der Waals surface area contributed by atoms with E-state index < -0.39 is 6.03 Å². The Morgan fingerprint density at radius 2 is 1.58 bits per heavy atom. The summed E-state index contributed by atoms with van der Waals surface area (Å²) in [6.07, 6.45) is 0. The Balaban J connectivity index is 1.47. The van der Waals surface area contributed by atoms with Crippen LogP contribution in [-0.2, 0) is 11.3 Å². The average Bonchev–Trinajstić information content (AvgIpc) is 3.43. The molecular weight excluding hydrogens is 472 g/mol. The molecule has 8 heteroatoms. The number of nitrogens with zero attached hydrogens (tertiary/aromatic N) is 2. The summed E-state index contributed by atoms with van der Waals surface area (Å²) < 4.78 is 0. The number of rotatable bonds is 6. The first-order chi connectivity index (χ1) is 17.4. The van der Waals surface area contributed by atoms with E-state index in [-0.39, 0.29) is 24.9 Å². The summed E-state index contributed by atoms with van der Waals surface area (Å²) in [6.45, 7) is 4.07. The summed E-state index contributed by atoms with van der Waals surface area (Å²) in [6, 6.07) is 22.8. The Morgan fingerprint density at radius 3 is 2.22 bits per heavy atom. The summed E-state index contributed by atoms with van der Waals surface area (Å²) >= 11 is 1.41. The molecule has 0 bridgehead atoms. The molecule has 1 aromatic heterocycles. The number of hydrogen-bond donors (Lipinski definition) is 2. The fourth-order valence-electron chi connectivity index (χ4n) is 4.01. The molecule has 4 amide bonds. The van der Waals surface area contributed by atoms with Crippen LogP contribution in [0.5, 0.6) is 0 Å². The van der Waals surface area contributed by atoms with E-state index in [0.717, 1.165) is 37.7 Å². The Kier molecular flexibility index (Phi) is 6.35. The molecule has 0 saturated carbocycles. The highest BCUT2D eigenvalue weighted by atomic mass is 32.1. The van der Waals surface area contributed by atoms with Gasteiger partial charge in [-0.2, -0.15) is 0 Å². The lowest BCUT2D eigenvalue weighted by Gasteiger charge is -2.15. The molecule has 0 aliphatic carbocycles. The van der Waals surface area contributed by atoms with E-state index >= 15 is 0 Å². The summed E-state index contributed by atoms with van der Waals surface area (Å²) in [4.78, 5) is 44.2. The molecule has 1 fully saturated rings. The molecule has 2 heterocycles. The van der Waals surface area contributed by atoms with Crippen molar-refractivity contribution in [1.29, 1.82) is 0 Å². The van der Waals surface area contributed by atoms with Gasteiger partial charge in [0.2, 0.25) is 5.91 Å². The van der Waals surface area contributed by atoms with Gasteiger partial charge < -0.3 is 5.32 Å².